The summed E-state index contributed by atoms with van der Waals surface area (Å²) in [6, 6.07) is 8.71. The second-order valence-electron chi connectivity index (χ2n) is 5.88. The minimum absolute atomic E-state index is 0.160. The van der Waals surface area contributed by atoms with Gasteiger partial charge in [0.2, 0.25) is 5.89 Å². The Morgan fingerprint density at radius 1 is 1.10 bits per heavy atom. The van der Waals surface area contributed by atoms with E-state index in [1.807, 2.05) is 0 Å². The second kappa shape index (κ2) is 5.02. The van der Waals surface area contributed by atoms with E-state index in [1.165, 1.54) is 36.8 Å². The molecular weight excluding hydrogens is 250 g/mol. The van der Waals surface area contributed by atoms with E-state index in [1.54, 1.807) is 0 Å². The van der Waals surface area contributed by atoms with Gasteiger partial charge in [-0.2, -0.15) is 4.98 Å². The van der Waals surface area contributed by atoms with Crippen molar-refractivity contribution in [3.8, 4) is 0 Å². The maximum absolute atomic E-state index is 5.51. The van der Waals surface area contributed by atoms with E-state index in [2.05, 4.69) is 39.7 Å². The molecule has 2 heterocycles. The van der Waals surface area contributed by atoms with Crippen LogP contribution in [0.3, 0.4) is 0 Å². The first-order valence-electron chi connectivity index (χ1n) is 7.54. The predicted molar refractivity (Wildman–Crippen MR) is 75.2 cm³/mol. The quantitative estimate of drug-likeness (QED) is 0.910. The van der Waals surface area contributed by atoms with Gasteiger partial charge >= 0.3 is 0 Å². The first kappa shape index (κ1) is 12.1. The molecule has 1 unspecified atom stereocenters. The van der Waals surface area contributed by atoms with Gasteiger partial charge in [0.15, 0.2) is 5.82 Å². The third-order valence-corrected chi connectivity index (χ3v) is 4.56. The monoisotopic (exact) mass is 269 g/mol. The summed E-state index contributed by atoms with van der Waals surface area (Å²) in [6.45, 7) is 0.877. The molecule has 1 aromatic carbocycles. The van der Waals surface area contributed by atoms with Crippen LogP contribution in [-0.2, 0) is 13.0 Å². The zero-order chi connectivity index (χ0) is 13.4. The molecule has 104 valence electrons. The molecule has 0 amide bonds. The van der Waals surface area contributed by atoms with Crippen molar-refractivity contribution < 1.29 is 4.52 Å². The maximum atomic E-state index is 5.51. The minimum atomic E-state index is 0.160. The molecule has 0 saturated heterocycles. The summed E-state index contributed by atoms with van der Waals surface area (Å²) >= 11 is 0. The van der Waals surface area contributed by atoms with Crippen LogP contribution in [0, 0.1) is 0 Å². The molecule has 1 aliphatic heterocycles. The molecule has 0 radical (unpaired) electrons. The van der Waals surface area contributed by atoms with Gasteiger partial charge in [-0.05, 0) is 30.4 Å². The summed E-state index contributed by atoms with van der Waals surface area (Å²) in [4.78, 5) is 4.65. The van der Waals surface area contributed by atoms with Gasteiger partial charge in [-0.25, -0.2) is 0 Å². The summed E-state index contributed by atoms with van der Waals surface area (Å²) < 4.78 is 5.51. The second-order valence-corrected chi connectivity index (χ2v) is 5.88. The molecule has 1 N–H and O–H groups in total. The number of rotatable bonds is 2. The lowest BCUT2D eigenvalue weighted by Crippen LogP contribution is -2.28. The predicted octanol–water partition coefficient (Wildman–Crippen LogP) is 3.11. The van der Waals surface area contributed by atoms with Crippen LogP contribution in [0.2, 0.25) is 0 Å². The molecule has 1 aromatic heterocycles. The average molecular weight is 269 g/mol. The number of nitrogens with one attached hydrogen (secondary N) is 1. The van der Waals surface area contributed by atoms with Crippen LogP contribution >= 0.6 is 0 Å². The summed E-state index contributed by atoms with van der Waals surface area (Å²) in [5, 5.41) is 7.70. The lowest BCUT2D eigenvalue weighted by Gasteiger charge is -2.23. The molecule has 4 nitrogen and oxygen atoms in total. The minimum Gasteiger partial charge on any atom is -0.338 e. The van der Waals surface area contributed by atoms with Crippen LogP contribution in [0.25, 0.3) is 0 Å². The van der Waals surface area contributed by atoms with Crippen LogP contribution in [0.4, 0.5) is 0 Å². The molecule has 1 saturated carbocycles. The number of hydrogen-bond donors (Lipinski definition) is 1. The number of nitrogens with zero attached hydrogens (tertiary/aromatic N) is 2. The van der Waals surface area contributed by atoms with Crippen LogP contribution in [0.5, 0.6) is 0 Å². The van der Waals surface area contributed by atoms with Gasteiger partial charge in [-0.3, -0.25) is 0 Å². The molecule has 0 spiro atoms. The SMILES string of the molecule is c1ccc2c(c1)CNC(c1nc(C3CCCC3)no1)C2. The summed E-state index contributed by atoms with van der Waals surface area (Å²) in [5.41, 5.74) is 2.76. The zero-order valence-corrected chi connectivity index (χ0v) is 11.5. The normalized spacial score (nSPS) is 22.9. The largest absolute Gasteiger partial charge is 0.338 e. The van der Waals surface area contributed by atoms with Crippen molar-refractivity contribution >= 4 is 0 Å². The van der Waals surface area contributed by atoms with E-state index in [-0.39, 0.29) is 6.04 Å². The van der Waals surface area contributed by atoms with Crippen molar-refractivity contribution in [2.24, 2.45) is 0 Å². The Balaban J connectivity index is 1.54. The molecule has 1 aliphatic carbocycles. The van der Waals surface area contributed by atoms with Crippen molar-refractivity contribution in [2.45, 2.75) is 50.6 Å². The molecule has 4 rings (SSSR count). The topological polar surface area (TPSA) is 51.0 Å². The Labute approximate surface area is 118 Å². The number of aromatic nitrogens is 2. The number of benzene rings is 1. The van der Waals surface area contributed by atoms with E-state index >= 15 is 0 Å². The molecule has 2 aliphatic rings. The van der Waals surface area contributed by atoms with E-state index in [0.717, 1.165) is 24.7 Å². The van der Waals surface area contributed by atoms with Gasteiger partial charge in [-0.1, -0.05) is 42.3 Å². The van der Waals surface area contributed by atoms with Gasteiger partial charge in [-0.15, -0.1) is 0 Å². The highest BCUT2D eigenvalue weighted by Gasteiger charge is 2.27. The zero-order valence-electron chi connectivity index (χ0n) is 11.5. The lowest BCUT2D eigenvalue weighted by atomic mass is 9.96. The van der Waals surface area contributed by atoms with Crippen molar-refractivity contribution in [3.05, 3.63) is 47.1 Å². The molecular formula is C16H19N3O. The first-order valence-corrected chi connectivity index (χ1v) is 7.54. The summed E-state index contributed by atoms with van der Waals surface area (Å²) in [5.74, 6) is 2.18. The highest BCUT2D eigenvalue weighted by molar-refractivity contribution is 5.30. The Hall–Kier alpha value is -1.68. The van der Waals surface area contributed by atoms with E-state index < -0.39 is 0 Å². The molecule has 1 atom stereocenters. The Morgan fingerprint density at radius 2 is 1.90 bits per heavy atom. The average Bonchev–Trinajstić information content (AvgIpc) is 3.17. The van der Waals surface area contributed by atoms with Crippen LogP contribution in [-0.4, -0.2) is 10.1 Å². The Kier molecular flexibility index (Phi) is 3.03. The lowest BCUT2D eigenvalue weighted by molar-refractivity contribution is 0.317. The number of fused-ring (bicyclic) bond motifs is 1. The highest BCUT2D eigenvalue weighted by atomic mass is 16.5. The van der Waals surface area contributed by atoms with Gasteiger partial charge in [0.25, 0.3) is 0 Å². The van der Waals surface area contributed by atoms with Crippen molar-refractivity contribution in [1.82, 2.24) is 15.5 Å². The van der Waals surface area contributed by atoms with Crippen LogP contribution < -0.4 is 5.32 Å². The first-order chi connectivity index (χ1) is 9.90. The summed E-state index contributed by atoms with van der Waals surface area (Å²) in [6.07, 6.45) is 5.94. The molecule has 4 heteroatoms. The van der Waals surface area contributed by atoms with Crippen molar-refractivity contribution in [3.63, 3.8) is 0 Å². The molecule has 0 bridgehead atoms. The third kappa shape index (κ3) is 2.14. The fourth-order valence-corrected chi connectivity index (χ4v) is 3.37. The highest BCUT2D eigenvalue weighted by Crippen LogP contribution is 2.33. The third-order valence-electron chi connectivity index (χ3n) is 4.56. The molecule has 2 aromatic rings. The molecule has 1 fully saturated rings. The van der Waals surface area contributed by atoms with Gasteiger partial charge < -0.3 is 9.84 Å². The van der Waals surface area contributed by atoms with E-state index in [9.17, 15) is 0 Å². The summed E-state index contributed by atoms with van der Waals surface area (Å²) in [7, 11) is 0. The maximum Gasteiger partial charge on any atom is 0.244 e. The van der Waals surface area contributed by atoms with Crippen LogP contribution in [0.15, 0.2) is 28.8 Å². The van der Waals surface area contributed by atoms with E-state index in [0.29, 0.717) is 5.92 Å². The fraction of sp³-hybridized carbons (Fsp3) is 0.500. The van der Waals surface area contributed by atoms with Crippen molar-refractivity contribution in [1.29, 1.82) is 0 Å². The van der Waals surface area contributed by atoms with Crippen molar-refractivity contribution in [2.75, 3.05) is 0 Å². The molecule has 20 heavy (non-hydrogen) atoms. The van der Waals surface area contributed by atoms with Gasteiger partial charge in [0.05, 0.1) is 6.04 Å². The van der Waals surface area contributed by atoms with Gasteiger partial charge in [0, 0.05) is 12.5 Å². The Morgan fingerprint density at radius 3 is 2.75 bits per heavy atom. The number of hydrogen-bond acceptors (Lipinski definition) is 4. The Bertz CT molecular complexity index is 601. The van der Waals surface area contributed by atoms with E-state index in [4.69, 9.17) is 4.52 Å². The van der Waals surface area contributed by atoms with Crippen LogP contribution in [0.1, 0.15) is 60.5 Å². The standard InChI is InChI=1S/C16H19N3O/c1-2-6-11(5-1)15-18-16(20-19-15)14-9-12-7-3-4-8-13(12)10-17-14/h3-4,7-8,11,14,17H,1-2,5-6,9-10H2. The smallest absolute Gasteiger partial charge is 0.244 e. The van der Waals surface area contributed by atoms with Gasteiger partial charge in [0.1, 0.15) is 0 Å². The fourth-order valence-electron chi connectivity index (χ4n) is 3.37.